The molecule has 1 aliphatic rings. The van der Waals surface area contributed by atoms with Gasteiger partial charge in [0, 0.05) is 26.7 Å². The van der Waals surface area contributed by atoms with Crippen LogP contribution in [-0.4, -0.2) is 49.4 Å². The quantitative estimate of drug-likeness (QED) is 0.273. The van der Waals surface area contributed by atoms with Crippen LogP contribution in [-0.2, 0) is 0 Å². The van der Waals surface area contributed by atoms with Gasteiger partial charge in [-0.1, -0.05) is 48.9 Å². The summed E-state index contributed by atoms with van der Waals surface area (Å²) in [5, 5.41) is 6.47. The minimum atomic E-state index is -0.238. The second kappa shape index (κ2) is 10.4. The molecule has 6 nitrogen and oxygen atoms in total. The zero-order chi connectivity index (χ0) is 20.1. The zero-order valence-corrected chi connectivity index (χ0v) is 19.3. The van der Waals surface area contributed by atoms with Gasteiger partial charge in [-0.2, -0.15) is 0 Å². The van der Waals surface area contributed by atoms with Crippen LogP contribution in [0.15, 0.2) is 53.5 Å². The number of nitrogens with one attached hydrogen (secondary N) is 2. The number of fused-ring (bicyclic) bond motifs is 1. The molecule has 3 rings (SSSR count). The number of halogens is 1. The first-order chi connectivity index (χ1) is 13.5. The average molecular weight is 506 g/mol. The molecular weight excluding hydrogens is 479 g/mol. The Labute approximate surface area is 188 Å². The molecule has 0 spiro atoms. The second-order valence-electron chi connectivity index (χ2n) is 7.00. The van der Waals surface area contributed by atoms with Crippen molar-refractivity contribution in [3.05, 3.63) is 70.8 Å². The van der Waals surface area contributed by atoms with Crippen molar-refractivity contribution in [2.45, 2.75) is 19.8 Å². The average Bonchev–Trinajstić information content (AvgIpc) is 2.95. The molecule has 29 heavy (non-hydrogen) atoms. The summed E-state index contributed by atoms with van der Waals surface area (Å²) in [6, 6.07) is 15.4. The lowest BCUT2D eigenvalue weighted by atomic mass is 10.0. The van der Waals surface area contributed by atoms with Gasteiger partial charge in [0.2, 0.25) is 0 Å². The van der Waals surface area contributed by atoms with Gasteiger partial charge in [-0.3, -0.25) is 19.5 Å². The lowest BCUT2D eigenvalue weighted by Crippen LogP contribution is -2.43. The molecule has 0 radical (unpaired) electrons. The Morgan fingerprint density at radius 1 is 1.00 bits per heavy atom. The van der Waals surface area contributed by atoms with Crippen molar-refractivity contribution in [3.63, 3.8) is 0 Å². The van der Waals surface area contributed by atoms with E-state index in [1.807, 2.05) is 0 Å². The predicted molar refractivity (Wildman–Crippen MR) is 126 cm³/mol. The van der Waals surface area contributed by atoms with E-state index in [1.165, 1.54) is 16.0 Å². The molecule has 154 valence electrons. The molecule has 2 aromatic carbocycles. The number of hydrogen-bond donors (Lipinski definition) is 2. The molecule has 1 heterocycles. The third-order valence-corrected chi connectivity index (χ3v) is 4.95. The summed E-state index contributed by atoms with van der Waals surface area (Å²) in [5.41, 5.74) is 3.46. The number of imide groups is 1. The van der Waals surface area contributed by atoms with Gasteiger partial charge < -0.3 is 10.6 Å². The third-order valence-electron chi connectivity index (χ3n) is 4.95. The van der Waals surface area contributed by atoms with Gasteiger partial charge in [0.1, 0.15) is 0 Å². The topological polar surface area (TPSA) is 73.8 Å². The number of carbonyl (C=O) groups is 2. The molecule has 2 amide bonds. The van der Waals surface area contributed by atoms with Gasteiger partial charge in [0.15, 0.2) is 5.96 Å². The van der Waals surface area contributed by atoms with Crippen molar-refractivity contribution in [2.24, 2.45) is 4.99 Å². The number of nitrogens with zero attached hydrogens (tertiary/aromatic N) is 2. The van der Waals surface area contributed by atoms with Crippen molar-refractivity contribution >= 4 is 41.8 Å². The van der Waals surface area contributed by atoms with Crippen molar-refractivity contribution in [2.75, 3.05) is 26.7 Å². The number of benzene rings is 2. The fourth-order valence-corrected chi connectivity index (χ4v) is 3.21. The minimum absolute atomic E-state index is 0. The first kappa shape index (κ1) is 22.9. The van der Waals surface area contributed by atoms with Gasteiger partial charge in [-0.05, 0) is 30.5 Å². The third kappa shape index (κ3) is 5.35. The highest BCUT2D eigenvalue weighted by molar-refractivity contribution is 14.0. The second-order valence-corrected chi connectivity index (χ2v) is 7.00. The van der Waals surface area contributed by atoms with Crippen molar-refractivity contribution in [1.82, 2.24) is 15.5 Å². The molecule has 0 saturated heterocycles. The van der Waals surface area contributed by atoms with Crippen LogP contribution in [0.2, 0.25) is 0 Å². The standard InChI is InChI=1S/C22H26N4O2.HI/c1-15-8-10-17(11-9-15)16(2)14-25-22(23-3)24-12-13-26-20(27)18-6-4-5-7-19(18)21(26)28;/h4-11,16H,12-14H2,1-3H3,(H2,23,24,25);1H. The highest BCUT2D eigenvalue weighted by Gasteiger charge is 2.34. The largest absolute Gasteiger partial charge is 0.356 e. The van der Waals surface area contributed by atoms with Gasteiger partial charge in [0.25, 0.3) is 11.8 Å². The molecule has 0 aliphatic carbocycles. The van der Waals surface area contributed by atoms with Crippen LogP contribution in [0.5, 0.6) is 0 Å². The Hall–Kier alpha value is -2.42. The van der Waals surface area contributed by atoms with E-state index in [1.54, 1.807) is 31.3 Å². The van der Waals surface area contributed by atoms with E-state index < -0.39 is 0 Å². The van der Waals surface area contributed by atoms with Gasteiger partial charge in [0.05, 0.1) is 11.1 Å². The molecule has 0 saturated carbocycles. The lowest BCUT2D eigenvalue weighted by Gasteiger charge is -2.18. The number of aryl methyl sites for hydroxylation is 1. The summed E-state index contributed by atoms with van der Waals surface area (Å²) in [4.78, 5) is 30.3. The van der Waals surface area contributed by atoms with E-state index in [2.05, 4.69) is 53.7 Å². The fraction of sp³-hybridized carbons (Fsp3) is 0.318. The number of carbonyl (C=O) groups excluding carboxylic acids is 2. The smallest absolute Gasteiger partial charge is 0.261 e. The van der Waals surface area contributed by atoms with Crippen molar-refractivity contribution < 1.29 is 9.59 Å². The number of amides is 2. The van der Waals surface area contributed by atoms with Crippen LogP contribution in [0.4, 0.5) is 0 Å². The molecule has 7 heteroatoms. The monoisotopic (exact) mass is 506 g/mol. The number of hydrogen-bond acceptors (Lipinski definition) is 3. The van der Waals surface area contributed by atoms with Crippen LogP contribution >= 0.6 is 24.0 Å². The summed E-state index contributed by atoms with van der Waals surface area (Å²) in [6.45, 7) is 5.69. The molecular formula is C22H27IN4O2. The van der Waals surface area contributed by atoms with E-state index in [4.69, 9.17) is 0 Å². The summed E-state index contributed by atoms with van der Waals surface area (Å²) in [5.74, 6) is 0.502. The first-order valence-electron chi connectivity index (χ1n) is 9.47. The summed E-state index contributed by atoms with van der Waals surface area (Å²) < 4.78 is 0. The van der Waals surface area contributed by atoms with E-state index in [0.717, 1.165) is 6.54 Å². The van der Waals surface area contributed by atoms with Gasteiger partial charge >= 0.3 is 0 Å². The summed E-state index contributed by atoms with van der Waals surface area (Å²) in [7, 11) is 1.70. The van der Waals surface area contributed by atoms with E-state index in [0.29, 0.717) is 36.1 Å². The van der Waals surface area contributed by atoms with Gasteiger partial charge in [-0.15, -0.1) is 24.0 Å². The molecule has 1 atom stereocenters. The fourth-order valence-electron chi connectivity index (χ4n) is 3.21. The predicted octanol–water partition coefficient (Wildman–Crippen LogP) is 3.18. The number of aliphatic imine (C=N–C) groups is 1. The highest BCUT2D eigenvalue weighted by atomic mass is 127. The molecule has 0 bridgehead atoms. The van der Waals surface area contributed by atoms with Crippen molar-refractivity contribution in [1.29, 1.82) is 0 Å². The molecule has 0 aromatic heterocycles. The van der Waals surface area contributed by atoms with Crippen LogP contribution in [0, 0.1) is 6.92 Å². The maximum Gasteiger partial charge on any atom is 0.261 e. The Morgan fingerprint density at radius 2 is 1.59 bits per heavy atom. The summed E-state index contributed by atoms with van der Waals surface area (Å²) >= 11 is 0. The molecule has 2 aromatic rings. The van der Waals surface area contributed by atoms with Crippen molar-refractivity contribution in [3.8, 4) is 0 Å². The maximum atomic E-state index is 12.4. The maximum absolute atomic E-state index is 12.4. The van der Waals surface area contributed by atoms with Gasteiger partial charge in [-0.25, -0.2) is 0 Å². The number of guanidine groups is 1. The minimum Gasteiger partial charge on any atom is -0.356 e. The molecule has 1 aliphatic heterocycles. The van der Waals surface area contributed by atoms with Crippen LogP contribution < -0.4 is 10.6 Å². The Morgan fingerprint density at radius 3 is 2.14 bits per heavy atom. The Balaban J connectivity index is 0.00000300. The van der Waals surface area contributed by atoms with Crippen LogP contribution in [0.3, 0.4) is 0 Å². The Kier molecular flexibility index (Phi) is 8.19. The van der Waals surface area contributed by atoms with E-state index in [9.17, 15) is 9.59 Å². The molecule has 1 unspecified atom stereocenters. The van der Waals surface area contributed by atoms with Crippen LogP contribution in [0.25, 0.3) is 0 Å². The number of rotatable bonds is 6. The Bertz CT molecular complexity index is 861. The lowest BCUT2D eigenvalue weighted by molar-refractivity contribution is 0.0657. The SMILES string of the molecule is CN=C(NCCN1C(=O)c2ccccc2C1=O)NCC(C)c1ccc(C)cc1.I. The summed E-state index contributed by atoms with van der Waals surface area (Å²) in [6.07, 6.45) is 0. The zero-order valence-electron chi connectivity index (χ0n) is 16.9. The normalized spacial score (nSPS) is 14.3. The first-order valence-corrected chi connectivity index (χ1v) is 9.47. The van der Waals surface area contributed by atoms with E-state index in [-0.39, 0.29) is 35.8 Å². The molecule has 0 fully saturated rings. The van der Waals surface area contributed by atoms with Crippen LogP contribution in [0.1, 0.15) is 44.7 Å². The highest BCUT2D eigenvalue weighted by Crippen LogP contribution is 2.21. The van der Waals surface area contributed by atoms with E-state index >= 15 is 0 Å². The molecule has 2 N–H and O–H groups in total.